The lowest BCUT2D eigenvalue weighted by Gasteiger charge is -2.24. The summed E-state index contributed by atoms with van der Waals surface area (Å²) in [6.45, 7) is 4.26. The zero-order chi connectivity index (χ0) is 29.6. The summed E-state index contributed by atoms with van der Waals surface area (Å²) in [4.78, 5) is 0. The molecule has 0 atom stereocenters. The number of benzene rings is 6. The van der Waals surface area contributed by atoms with Crippen molar-refractivity contribution in [2.24, 2.45) is 0 Å². The number of hydrogen-bond acceptors (Lipinski definition) is 2. The van der Waals surface area contributed by atoms with Gasteiger partial charge < -0.3 is 10.6 Å². The van der Waals surface area contributed by atoms with E-state index in [1.165, 1.54) is 66.8 Å². The molecule has 0 saturated heterocycles. The van der Waals surface area contributed by atoms with Crippen LogP contribution in [0.2, 0.25) is 0 Å². The molecule has 0 bridgehead atoms. The topological polar surface area (TPSA) is 24.1 Å². The minimum atomic E-state index is 1.04. The van der Waals surface area contributed by atoms with Crippen LogP contribution in [0.25, 0.3) is 33.4 Å². The molecule has 6 aromatic rings. The quantitative estimate of drug-likeness (QED) is 0.217. The smallest absolute Gasteiger partial charge is 0.0716 e. The van der Waals surface area contributed by atoms with Gasteiger partial charge in [-0.15, -0.1) is 0 Å². The molecule has 210 valence electrons. The lowest BCUT2D eigenvalue weighted by molar-refractivity contribution is 1.32. The lowest BCUT2D eigenvalue weighted by atomic mass is 9.94. The van der Waals surface area contributed by atoms with E-state index < -0.39 is 0 Å². The van der Waals surface area contributed by atoms with Crippen molar-refractivity contribution < 1.29 is 0 Å². The van der Waals surface area contributed by atoms with Crippen LogP contribution < -0.4 is 10.6 Å². The van der Waals surface area contributed by atoms with E-state index in [9.17, 15) is 0 Å². The summed E-state index contributed by atoms with van der Waals surface area (Å²) in [6.07, 6.45) is 0. The van der Waals surface area contributed by atoms with Gasteiger partial charge in [0.15, 0.2) is 0 Å². The molecule has 0 amide bonds. The number of hydrogen-bond donors (Lipinski definition) is 2. The molecular weight excluding hydrogens is 532 g/mol. The Morgan fingerprint density at radius 3 is 0.841 bits per heavy atom. The third-order valence-electron chi connectivity index (χ3n) is 8.76. The summed E-state index contributed by atoms with van der Waals surface area (Å²) in [5.41, 5.74) is 19.0. The highest BCUT2D eigenvalue weighted by Gasteiger charge is 2.32. The molecule has 0 fully saturated rings. The van der Waals surface area contributed by atoms with Crippen LogP contribution >= 0.6 is 0 Å². The zero-order valence-corrected chi connectivity index (χ0v) is 24.9. The largest absolute Gasteiger partial charge is 0.353 e. The van der Waals surface area contributed by atoms with Crippen LogP contribution in [0.5, 0.6) is 0 Å². The maximum atomic E-state index is 3.96. The second-order valence-electron chi connectivity index (χ2n) is 11.7. The van der Waals surface area contributed by atoms with Crippen molar-refractivity contribution in [1.29, 1.82) is 0 Å². The van der Waals surface area contributed by atoms with Crippen molar-refractivity contribution >= 4 is 22.5 Å². The SMILES string of the molecule is Cc1ccc(NC(C(Nc2ccc(C)cc2)=C2c3ccccc3-c3ccccc32)=C2c3ccccc3-c3ccccc32)cc1. The molecule has 0 heterocycles. The lowest BCUT2D eigenvalue weighted by Crippen LogP contribution is -2.15. The third kappa shape index (κ3) is 4.35. The van der Waals surface area contributed by atoms with Gasteiger partial charge in [0.1, 0.15) is 0 Å². The predicted octanol–water partition coefficient (Wildman–Crippen LogP) is 10.7. The van der Waals surface area contributed by atoms with Gasteiger partial charge in [-0.25, -0.2) is 0 Å². The van der Waals surface area contributed by atoms with Crippen molar-refractivity contribution in [3.05, 3.63) is 190 Å². The Bertz CT molecular complexity index is 1860. The summed E-state index contributed by atoms with van der Waals surface area (Å²) in [7, 11) is 0. The Hall–Kier alpha value is -5.60. The molecule has 2 nitrogen and oxygen atoms in total. The van der Waals surface area contributed by atoms with Gasteiger partial charge in [-0.3, -0.25) is 0 Å². The monoisotopic (exact) mass is 564 g/mol. The van der Waals surface area contributed by atoms with Crippen molar-refractivity contribution in [2.45, 2.75) is 13.8 Å². The van der Waals surface area contributed by atoms with Crippen molar-refractivity contribution in [3.63, 3.8) is 0 Å². The molecule has 8 rings (SSSR count). The summed E-state index contributed by atoms with van der Waals surface area (Å²) < 4.78 is 0. The van der Waals surface area contributed by atoms with Crippen LogP contribution in [0, 0.1) is 13.8 Å². The second-order valence-corrected chi connectivity index (χ2v) is 11.7. The Kier molecular flexibility index (Phi) is 6.27. The minimum Gasteiger partial charge on any atom is -0.353 e. The number of aryl methyl sites for hydroxylation is 2. The Morgan fingerprint density at radius 1 is 0.318 bits per heavy atom. The van der Waals surface area contributed by atoms with Gasteiger partial charge in [0.05, 0.1) is 11.4 Å². The normalized spacial score (nSPS) is 12.2. The van der Waals surface area contributed by atoms with E-state index in [2.05, 4.69) is 170 Å². The minimum absolute atomic E-state index is 1.04. The number of rotatable bonds is 5. The summed E-state index contributed by atoms with van der Waals surface area (Å²) >= 11 is 0. The summed E-state index contributed by atoms with van der Waals surface area (Å²) in [5.74, 6) is 0. The predicted molar refractivity (Wildman–Crippen MR) is 185 cm³/mol. The summed E-state index contributed by atoms with van der Waals surface area (Å²) in [6, 6.07) is 52.5. The molecule has 0 radical (unpaired) electrons. The maximum Gasteiger partial charge on any atom is 0.0716 e. The molecule has 0 spiro atoms. The highest BCUT2D eigenvalue weighted by atomic mass is 15.0. The van der Waals surface area contributed by atoms with Gasteiger partial charge in [-0.1, -0.05) is 132 Å². The molecule has 0 saturated carbocycles. The fraction of sp³-hybridized carbons (Fsp3) is 0.0476. The molecule has 0 aliphatic heterocycles. The van der Waals surface area contributed by atoms with Gasteiger partial charge in [-0.2, -0.15) is 0 Å². The second kappa shape index (κ2) is 10.6. The zero-order valence-electron chi connectivity index (χ0n) is 24.9. The van der Waals surface area contributed by atoms with E-state index in [1.807, 2.05) is 0 Å². The first-order chi connectivity index (χ1) is 21.7. The van der Waals surface area contributed by atoms with Gasteiger partial charge in [0, 0.05) is 22.5 Å². The van der Waals surface area contributed by atoms with Crippen LogP contribution in [-0.4, -0.2) is 0 Å². The fourth-order valence-corrected chi connectivity index (χ4v) is 6.64. The average Bonchev–Trinajstić information content (AvgIpc) is 3.58. The highest BCUT2D eigenvalue weighted by molar-refractivity contribution is 6.08. The Morgan fingerprint density at radius 2 is 0.568 bits per heavy atom. The Balaban J connectivity index is 1.50. The van der Waals surface area contributed by atoms with Crippen molar-refractivity contribution in [1.82, 2.24) is 0 Å². The van der Waals surface area contributed by atoms with Gasteiger partial charge in [0.2, 0.25) is 0 Å². The van der Waals surface area contributed by atoms with E-state index in [0.717, 1.165) is 22.8 Å². The van der Waals surface area contributed by atoms with E-state index in [4.69, 9.17) is 0 Å². The molecule has 2 aliphatic rings. The average molecular weight is 565 g/mol. The van der Waals surface area contributed by atoms with E-state index in [-0.39, 0.29) is 0 Å². The molecule has 44 heavy (non-hydrogen) atoms. The highest BCUT2D eigenvalue weighted by Crippen LogP contribution is 2.51. The van der Waals surface area contributed by atoms with Gasteiger partial charge in [0.25, 0.3) is 0 Å². The maximum absolute atomic E-state index is 3.96. The molecule has 6 aromatic carbocycles. The first-order valence-electron chi connectivity index (χ1n) is 15.2. The van der Waals surface area contributed by atoms with Gasteiger partial charge in [-0.05, 0) is 82.6 Å². The van der Waals surface area contributed by atoms with Crippen LogP contribution in [0.3, 0.4) is 0 Å². The van der Waals surface area contributed by atoms with Crippen molar-refractivity contribution in [3.8, 4) is 22.3 Å². The molecule has 2 aliphatic carbocycles. The van der Waals surface area contributed by atoms with E-state index in [0.29, 0.717) is 0 Å². The number of nitrogens with one attached hydrogen (secondary N) is 2. The first kappa shape index (κ1) is 26.1. The van der Waals surface area contributed by atoms with E-state index in [1.54, 1.807) is 0 Å². The first-order valence-corrected chi connectivity index (χ1v) is 15.2. The number of fused-ring (bicyclic) bond motifs is 6. The molecular formula is C42H32N2. The van der Waals surface area contributed by atoms with Crippen LogP contribution in [0.1, 0.15) is 33.4 Å². The van der Waals surface area contributed by atoms with Crippen LogP contribution in [-0.2, 0) is 0 Å². The number of anilines is 2. The van der Waals surface area contributed by atoms with Crippen molar-refractivity contribution in [2.75, 3.05) is 10.6 Å². The molecule has 2 heteroatoms. The van der Waals surface area contributed by atoms with Gasteiger partial charge >= 0.3 is 0 Å². The molecule has 0 unspecified atom stereocenters. The van der Waals surface area contributed by atoms with E-state index >= 15 is 0 Å². The fourth-order valence-electron chi connectivity index (χ4n) is 6.64. The molecule has 2 N–H and O–H groups in total. The van der Waals surface area contributed by atoms with Crippen LogP contribution in [0.4, 0.5) is 11.4 Å². The summed E-state index contributed by atoms with van der Waals surface area (Å²) in [5, 5.41) is 7.92. The standard InChI is InChI=1S/C42H32N2/c1-27-19-23-29(24-20-27)43-41(39-35-15-7-3-11-31(35)32-12-4-8-16-36(32)39)42(44-30-25-21-28(2)22-26-30)40-37-17-9-5-13-33(37)34-14-6-10-18-38(34)40/h3-26,43-44H,1-2H3. The molecule has 0 aromatic heterocycles. The third-order valence-corrected chi connectivity index (χ3v) is 8.76. The van der Waals surface area contributed by atoms with Crippen LogP contribution in [0.15, 0.2) is 157 Å². The Labute approximate surface area is 259 Å².